The maximum atomic E-state index is 11.8. The minimum atomic E-state index is -0.254. The summed E-state index contributed by atoms with van der Waals surface area (Å²) in [7, 11) is 0. The van der Waals surface area contributed by atoms with E-state index < -0.39 is 0 Å². The molecule has 2 N–H and O–H groups in total. The van der Waals surface area contributed by atoms with E-state index >= 15 is 0 Å². The van der Waals surface area contributed by atoms with Crippen molar-refractivity contribution >= 4 is 11.8 Å². The van der Waals surface area contributed by atoms with E-state index in [1.54, 1.807) is 6.07 Å². The summed E-state index contributed by atoms with van der Waals surface area (Å²) in [5.74, 6) is -0.451. The fourth-order valence-corrected chi connectivity index (χ4v) is 1.37. The Morgan fingerprint density at radius 2 is 2.06 bits per heavy atom. The fourth-order valence-electron chi connectivity index (χ4n) is 1.37. The van der Waals surface area contributed by atoms with E-state index in [0.29, 0.717) is 12.1 Å². The number of amides is 2. The Hall–Kier alpha value is -1.91. The van der Waals surface area contributed by atoms with Gasteiger partial charge in [0.15, 0.2) is 0 Å². The lowest BCUT2D eigenvalue weighted by Crippen LogP contribution is -2.31. The van der Waals surface area contributed by atoms with Gasteiger partial charge >= 0.3 is 0 Å². The van der Waals surface area contributed by atoms with Crippen molar-refractivity contribution in [1.29, 1.82) is 0 Å². The SMILES string of the molecule is CCCNC(=O)c1cc(C(=O)NC(C)C)ccn1. The van der Waals surface area contributed by atoms with Crippen LogP contribution in [0, 0.1) is 0 Å². The third kappa shape index (κ3) is 4.16. The lowest BCUT2D eigenvalue weighted by molar-refractivity contribution is 0.0943. The van der Waals surface area contributed by atoms with E-state index in [2.05, 4.69) is 15.6 Å². The number of aromatic nitrogens is 1. The van der Waals surface area contributed by atoms with Crippen molar-refractivity contribution in [3.8, 4) is 0 Å². The van der Waals surface area contributed by atoms with Crippen LogP contribution < -0.4 is 10.6 Å². The normalized spacial score (nSPS) is 10.2. The first kappa shape index (κ1) is 14.2. The van der Waals surface area contributed by atoms with Crippen molar-refractivity contribution in [2.75, 3.05) is 6.54 Å². The Bertz CT molecular complexity index is 430. The van der Waals surface area contributed by atoms with Gasteiger partial charge in [-0.3, -0.25) is 14.6 Å². The maximum absolute atomic E-state index is 11.8. The first-order chi connectivity index (χ1) is 8.54. The predicted octanol–water partition coefficient (Wildman–Crippen LogP) is 1.36. The van der Waals surface area contributed by atoms with Crippen molar-refractivity contribution in [3.05, 3.63) is 29.6 Å². The minimum absolute atomic E-state index is 0.0584. The fraction of sp³-hybridized carbons (Fsp3) is 0.462. The van der Waals surface area contributed by atoms with E-state index in [1.807, 2.05) is 20.8 Å². The Morgan fingerprint density at radius 3 is 2.67 bits per heavy atom. The Kier molecular flexibility index (Phi) is 5.30. The molecule has 0 unspecified atom stereocenters. The third-order valence-corrected chi connectivity index (χ3v) is 2.21. The molecular formula is C13H19N3O2. The van der Waals surface area contributed by atoms with Crippen LogP contribution in [0.15, 0.2) is 18.3 Å². The Balaban J connectivity index is 2.79. The molecule has 0 atom stereocenters. The summed E-state index contributed by atoms with van der Waals surface area (Å²) in [6, 6.07) is 3.15. The summed E-state index contributed by atoms with van der Waals surface area (Å²) < 4.78 is 0. The van der Waals surface area contributed by atoms with Gasteiger partial charge in [0.1, 0.15) is 5.69 Å². The molecule has 5 heteroatoms. The Labute approximate surface area is 107 Å². The van der Waals surface area contributed by atoms with Gasteiger partial charge in [0.05, 0.1) is 0 Å². The van der Waals surface area contributed by atoms with Crippen molar-refractivity contribution in [2.24, 2.45) is 0 Å². The molecular weight excluding hydrogens is 230 g/mol. The van der Waals surface area contributed by atoms with E-state index in [9.17, 15) is 9.59 Å². The molecule has 0 aliphatic carbocycles. The zero-order valence-electron chi connectivity index (χ0n) is 11.0. The number of carbonyl (C=O) groups is 2. The van der Waals surface area contributed by atoms with Crippen LogP contribution in [0.4, 0.5) is 0 Å². The molecule has 98 valence electrons. The number of rotatable bonds is 5. The van der Waals surface area contributed by atoms with Crippen molar-refractivity contribution < 1.29 is 9.59 Å². The average molecular weight is 249 g/mol. The molecule has 0 saturated heterocycles. The van der Waals surface area contributed by atoms with E-state index in [-0.39, 0.29) is 23.6 Å². The second-order valence-electron chi connectivity index (χ2n) is 4.31. The average Bonchev–Trinajstić information content (AvgIpc) is 2.35. The number of hydrogen-bond donors (Lipinski definition) is 2. The molecule has 0 spiro atoms. The molecule has 0 saturated carbocycles. The van der Waals surface area contributed by atoms with Gasteiger partial charge in [-0.05, 0) is 32.4 Å². The molecule has 0 fully saturated rings. The lowest BCUT2D eigenvalue weighted by Gasteiger charge is -2.09. The van der Waals surface area contributed by atoms with Crippen molar-refractivity contribution in [3.63, 3.8) is 0 Å². The minimum Gasteiger partial charge on any atom is -0.351 e. The van der Waals surface area contributed by atoms with E-state index in [0.717, 1.165) is 6.42 Å². The number of pyridine rings is 1. The van der Waals surface area contributed by atoms with Crippen molar-refractivity contribution in [1.82, 2.24) is 15.6 Å². The van der Waals surface area contributed by atoms with Crippen molar-refractivity contribution in [2.45, 2.75) is 33.2 Å². The van der Waals surface area contributed by atoms with Crippen LogP contribution in [0.1, 0.15) is 48.0 Å². The molecule has 0 aliphatic heterocycles. The number of carbonyl (C=O) groups excluding carboxylic acids is 2. The summed E-state index contributed by atoms with van der Waals surface area (Å²) in [6.07, 6.45) is 2.33. The molecule has 0 radical (unpaired) electrons. The quantitative estimate of drug-likeness (QED) is 0.827. The van der Waals surface area contributed by atoms with Gasteiger partial charge in [-0.25, -0.2) is 0 Å². The zero-order chi connectivity index (χ0) is 13.5. The highest BCUT2D eigenvalue weighted by Gasteiger charge is 2.11. The molecule has 2 amide bonds. The van der Waals surface area contributed by atoms with E-state index in [1.165, 1.54) is 12.3 Å². The summed E-state index contributed by atoms with van der Waals surface area (Å²) in [5, 5.41) is 5.49. The summed E-state index contributed by atoms with van der Waals surface area (Å²) in [4.78, 5) is 27.4. The topological polar surface area (TPSA) is 71.1 Å². The van der Waals surface area contributed by atoms with Crippen LogP contribution in [-0.2, 0) is 0 Å². The second-order valence-corrected chi connectivity index (χ2v) is 4.31. The zero-order valence-corrected chi connectivity index (χ0v) is 11.0. The highest BCUT2D eigenvalue weighted by Crippen LogP contribution is 2.02. The van der Waals surface area contributed by atoms with Crippen LogP contribution in [0.3, 0.4) is 0 Å². The largest absolute Gasteiger partial charge is 0.351 e. The molecule has 1 heterocycles. The first-order valence-corrected chi connectivity index (χ1v) is 6.09. The Morgan fingerprint density at radius 1 is 1.33 bits per heavy atom. The molecule has 0 bridgehead atoms. The van der Waals surface area contributed by atoms with Gasteiger partial charge in [0, 0.05) is 24.3 Å². The van der Waals surface area contributed by atoms with Gasteiger partial charge in [0.2, 0.25) is 0 Å². The molecule has 5 nitrogen and oxygen atoms in total. The van der Waals surface area contributed by atoms with Crippen LogP contribution >= 0.6 is 0 Å². The van der Waals surface area contributed by atoms with Crippen LogP contribution in [0.2, 0.25) is 0 Å². The molecule has 0 aliphatic rings. The van der Waals surface area contributed by atoms with Crippen LogP contribution in [0.5, 0.6) is 0 Å². The van der Waals surface area contributed by atoms with E-state index in [4.69, 9.17) is 0 Å². The molecule has 1 aromatic heterocycles. The van der Waals surface area contributed by atoms with Gasteiger partial charge < -0.3 is 10.6 Å². The number of hydrogen-bond acceptors (Lipinski definition) is 3. The summed E-state index contributed by atoms with van der Waals surface area (Å²) >= 11 is 0. The second kappa shape index (κ2) is 6.74. The highest BCUT2D eigenvalue weighted by atomic mass is 16.2. The lowest BCUT2D eigenvalue weighted by atomic mass is 10.2. The number of nitrogens with one attached hydrogen (secondary N) is 2. The van der Waals surface area contributed by atoms with Gasteiger partial charge in [-0.1, -0.05) is 6.92 Å². The molecule has 18 heavy (non-hydrogen) atoms. The maximum Gasteiger partial charge on any atom is 0.269 e. The first-order valence-electron chi connectivity index (χ1n) is 6.09. The predicted molar refractivity (Wildman–Crippen MR) is 69.5 cm³/mol. The van der Waals surface area contributed by atoms with Gasteiger partial charge in [-0.15, -0.1) is 0 Å². The number of nitrogens with zero attached hydrogens (tertiary/aromatic N) is 1. The standard InChI is InChI=1S/C13H19N3O2/c1-4-6-15-13(18)11-8-10(5-7-14-11)12(17)16-9(2)3/h5,7-9H,4,6H2,1-3H3,(H,15,18)(H,16,17). The molecule has 1 aromatic rings. The summed E-state index contributed by atoms with van der Waals surface area (Å²) in [5.41, 5.74) is 0.709. The summed E-state index contributed by atoms with van der Waals surface area (Å²) in [6.45, 7) is 6.34. The monoisotopic (exact) mass is 249 g/mol. The highest BCUT2D eigenvalue weighted by molar-refractivity contribution is 5.98. The third-order valence-electron chi connectivity index (χ3n) is 2.21. The smallest absolute Gasteiger partial charge is 0.269 e. The van der Waals surface area contributed by atoms with Crippen LogP contribution in [-0.4, -0.2) is 29.4 Å². The van der Waals surface area contributed by atoms with Gasteiger partial charge in [0.25, 0.3) is 11.8 Å². The molecule has 1 rings (SSSR count). The van der Waals surface area contributed by atoms with Crippen LogP contribution in [0.25, 0.3) is 0 Å². The molecule has 0 aromatic carbocycles. The van der Waals surface area contributed by atoms with Gasteiger partial charge in [-0.2, -0.15) is 0 Å².